The minimum absolute atomic E-state index is 0. The average molecular weight is 455 g/mol. The molecule has 4 nitrogen and oxygen atoms in total. The van der Waals surface area contributed by atoms with Crippen LogP contribution in [0.2, 0.25) is 0 Å². The molecule has 166 valence electrons. The Balaban J connectivity index is 0.000000631. The van der Waals surface area contributed by atoms with Crippen LogP contribution < -0.4 is 9.27 Å². The van der Waals surface area contributed by atoms with E-state index in [1.54, 1.807) is 4.57 Å². The first kappa shape index (κ1) is 24.2. The lowest BCUT2D eigenvalue weighted by molar-refractivity contribution is -0.734. The highest BCUT2D eigenvalue weighted by Crippen LogP contribution is 2.26. The Morgan fingerprint density at radius 3 is 1.97 bits per heavy atom. The first-order valence-electron chi connectivity index (χ1n) is 8.28. The van der Waals surface area contributed by atoms with Crippen molar-refractivity contribution in [2.75, 3.05) is 6.61 Å². The fourth-order valence-electron chi connectivity index (χ4n) is 2.93. The minimum Gasteiger partial charge on any atom is -1.00 e. The molecule has 1 aliphatic rings. The van der Waals surface area contributed by atoms with Crippen molar-refractivity contribution >= 4 is 7.54 Å². The SMILES string of the molecule is FB(F)F.Fc1c(F)c(F)c(-n2c[n+]3c(n2)COC[C@@H]3c2ccccc2)c(F)c1F.[F-]. The zero-order valence-electron chi connectivity index (χ0n) is 15.2. The molecule has 0 N–H and O–H groups in total. The molecule has 0 saturated carbocycles. The summed E-state index contributed by atoms with van der Waals surface area (Å²) < 4.78 is 105. The van der Waals surface area contributed by atoms with Crippen molar-refractivity contribution in [1.82, 2.24) is 9.78 Å². The van der Waals surface area contributed by atoms with Crippen LogP contribution in [-0.4, -0.2) is 23.9 Å². The number of hydrogen-bond donors (Lipinski definition) is 0. The van der Waals surface area contributed by atoms with Crippen LogP contribution in [0.15, 0.2) is 36.7 Å². The van der Waals surface area contributed by atoms with Crippen molar-refractivity contribution in [2.24, 2.45) is 0 Å². The third-order valence-corrected chi connectivity index (χ3v) is 4.20. The second kappa shape index (κ2) is 9.85. The Morgan fingerprint density at radius 1 is 0.903 bits per heavy atom. The number of nitrogens with zero attached hydrogens (tertiary/aromatic N) is 3. The number of hydrogen-bond acceptors (Lipinski definition) is 2. The standard InChI is InChI=1S/C17H11F5N3O.BF3.FH/c18-12-13(19)15(21)17(16(22)14(12)20)25-8-24-10(6-26-7-11(24)23-25)9-4-2-1-3-5-9;2-1(3)4;/h1-5,8,10H,6-7H2;;1H/q+1;;/p-1/t10-;;/m1../s1. The Bertz CT molecular complexity index is 1020. The number of ether oxygens (including phenoxy) is 1. The maximum absolute atomic E-state index is 14.1. The summed E-state index contributed by atoms with van der Waals surface area (Å²) in [5.41, 5.74) is -0.273. The number of rotatable bonds is 2. The zero-order valence-corrected chi connectivity index (χ0v) is 15.2. The van der Waals surface area contributed by atoms with Crippen LogP contribution in [0.1, 0.15) is 17.4 Å². The molecule has 2 heterocycles. The second-order valence-electron chi connectivity index (χ2n) is 5.99. The molecule has 0 amide bonds. The molecule has 1 aromatic heterocycles. The molecule has 0 bridgehead atoms. The van der Waals surface area contributed by atoms with Gasteiger partial charge in [0.2, 0.25) is 41.1 Å². The summed E-state index contributed by atoms with van der Waals surface area (Å²) in [7, 11) is -3.67. The Labute approximate surface area is 169 Å². The van der Waals surface area contributed by atoms with E-state index in [9.17, 15) is 34.9 Å². The van der Waals surface area contributed by atoms with E-state index in [4.69, 9.17) is 4.74 Å². The normalized spacial score (nSPS) is 14.8. The Morgan fingerprint density at radius 2 is 1.42 bits per heavy atom. The summed E-state index contributed by atoms with van der Waals surface area (Å²) in [4.78, 5) is 0. The molecule has 0 fully saturated rings. The van der Waals surface area contributed by atoms with E-state index in [0.29, 0.717) is 10.5 Å². The van der Waals surface area contributed by atoms with Crippen molar-refractivity contribution in [1.29, 1.82) is 0 Å². The van der Waals surface area contributed by atoms with E-state index in [0.717, 1.165) is 5.56 Å². The van der Waals surface area contributed by atoms with Gasteiger partial charge in [-0.05, 0) is 5.56 Å². The molecule has 3 aromatic rings. The van der Waals surface area contributed by atoms with E-state index in [1.807, 2.05) is 30.3 Å². The molecule has 0 radical (unpaired) electrons. The van der Waals surface area contributed by atoms with Crippen molar-refractivity contribution in [3.63, 3.8) is 0 Å². The van der Waals surface area contributed by atoms with E-state index >= 15 is 0 Å². The smallest absolute Gasteiger partial charge is 0.762 e. The van der Waals surface area contributed by atoms with Gasteiger partial charge in [0.05, 0.1) is 6.61 Å². The highest BCUT2D eigenvalue weighted by atomic mass is 19.4. The molecule has 1 aliphatic heterocycles. The molecule has 0 unspecified atom stereocenters. The quantitative estimate of drug-likeness (QED) is 0.189. The van der Waals surface area contributed by atoms with Crippen molar-refractivity contribution in [3.05, 3.63) is 77.1 Å². The van der Waals surface area contributed by atoms with Crippen molar-refractivity contribution in [2.45, 2.75) is 12.6 Å². The van der Waals surface area contributed by atoms with Gasteiger partial charge in [-0.2, -0.15) is 8.78 Å². The lowest BCUT2D eigenvalue weighted by Gasteiger charge is -2.20. The molecule has 0 aliphatic carbocycles. The molecule has 4 rings (SSSR count). The number of halogens is 9. The van der Waals surface area contributed by atoms with Gasteiger partial charge in [0.1, 0.15) is 12.6 Å². The second-order valence-corrected chi connectivity index (χ2v) is 5.99. The monoisotopic (exact) mass is 455 g/mol. The van der Waals surface area contributed by atoms with Crippen LogP contribution in [0, 0.1) is 29.1 Å². The van der Waals surface area contributed by atoms with Crippen LogP contribution in [-0.2, 0) is 11.3 Å². The van der Waals surface area contributed by atoms with Gasteiger partial charge in [-0.3, -0.25) is 12.9 Å². The third kappa shape index (κ3) is 4.84. The molecule has 2 aromatic carbocycles. The molecular formula is C17H11BF9N3O. The maximum atomic E-state index is 14.1. The topological polar surface area (TPSA) is 30.9 Å². The van der Waals surface area contributed by atoms with Gasteiger partial charge >= 0.3 is 13.4 Å². The highest BCUT2D eigenvalue weighted by molar-refractivity contribution is 6.33. The van der Waals surface area contributed by atoms with Crippen LogP contribution in [0.25, 0.3) is 5.69 Å². The fourth-order valence-corrected chi connectivity index (χ4v) is 2.93. The first-order chi connectivity index (χ1) is 14.2. The fraction of sp³-hybridized carbons (Fsp3) is 0.176. The van der Waals surface area contributed by atoms with Gasteiger partial charge in [0, 0.05) is 5.10 Å². The Kier molecular flexibility index (Phi) is 7.71. The van der Waals surface area contributed by atoms with Crippen LogP contribution in [0.3, 0.4) is 0 Å². The summed E-state index contributed by atoms with van der Waals surface area (Å²) >= 11 is 0. The minimum atomic E-state index is -3.67. The van der Waals surface area contributed by atoms with Crippen LogP contribution in [0.4, 0.5) is 34.9 Å². The van der Waals surface area contributed by atoms with Gasteiger partial charge in [-0.1, -0.05) is 35.0 Å². The first-order valence-corrected chi connectivity index (χ1v) is 8.28. The molecule has 0 saturated heterocycles. The van der Waals surface area contributed by atoms with E-state index < -0.39 is 42.3 Å². The number of aromatic nitrogens is 3. The summed E-state index contributed by atoms with van der Waals surface area (Å²) in [5, 5.41) is 3.95. The van der Waals surface area contributed by atoms with E-state index in [2.05, 4.69) is 5.10 Å². The molecule has 14 heteroatoms. The Hall–Kier alpha value is -3.03. The summed E-state index contributed by atoms with van der Waals surface area (Å²) in [6.07, 6.45) is 1.20. The third-order valence-electron chi connectivity index (χ3n) is 4.20. The van der Waals surface area contributed by atoms with Gasteiger partial charge < -0.3 is 9.44 Å². The van der Waals surface area contributed by atoms with E-state index in [1.165, 1.54) is 6.33 Å². The van der Waals surface area contributed by atoms with E-state index in [-0.39, 0.29) is 24.0 Å². The number of fused-ring (bicyclic) bond motifs is 1. The summed E-state index contributed by atoms with van der Waals surface area (Å²) in [6.45, 7) is 0.330. The lowest BCUT2D eigenvalue weighted by atomic mass is 10.1. The predicted molar refractivity (Wildman–Crippen MR) is 86.9 cm³/mol. The zero-order chi connectivity index (χ0) is 22.0. The van der Waals surface area contributed by atoms with Crippen molar-refractivity contribution in [3.8, 4) is 5.69 Å². The van der Waals surface area contributed by atoms with Crippen LogP contribution in [0.5, 0.6) is 0 Å². The van der Waals surface area contributed by atoms with Gasteiger partial charge in [-0.25, -0.2) is 17.7 Å². The summed E-state index contributed by atoms with van der Waals surface area (Å²) in [5.74, 6) is -9.84. The van der Waals surface area contributed by atoms with Crippen molar-refractivity contribution < 1.29 is 48.9 Å². The lowest BCUT2D eigenvalue weighted by Crippen LogP contribution is -3.00. The highest BCUT2D eigenvalue weighted by Gasteiger charge is 2.35. The maximum Gasteiger partial charge on any atom is 0.762 e. The average Bonchev–Trinajstić information content (AvgIpc) is 3.15. The number of benzene rings is 2. The predicted octanol–water partition coefficient (Wildman–Crippen LogP) is 0.859. The molecule has 0 spiro atoms. The molecular weight excluding hydrogens is 444 g/mol. The van der Waals surface area contributed by atoms with Gasteiger partial charge in [-0.15, -0.1) is 0 Å². The largest absolute Gasteiger partial charge is 1.00 e. The molecule has 1 atom stereocenters. The van der Waals surface area contributed by atoms with Gasteiger partial charge in [0.15, 0.2) is 0 Å². The summed E-state index contributed by atoms with van der Waals surface area (Å²) in [6, 6.07) is 8.81. The van der Waals surface area contributed by atoms with Gasteiger partial charge in [0.25, 0.3) is 0 Å². The molecule has 31 heavy (non-hydrogen) atoms. The van der Waals surface area contributed by atoms with Crippen LogP contribution >= 0.6 is 0 Å².